The summed E-state index contributed by atoms with van der Waals surface area (Å²) in [5.74, 6) is 0.0809. The maximum atomic E-state index is 12.2. The molecule has 128 valence electrons. The molecular weight excluding hydrogens is 322 g/mol. The van der Waals surface area contributed by atoms with Gasteiger partial charge in [-0.15, -0.1) is 0 Å². The molecule has 2 heterocycles. The van der Waals surface area contributed by atoms with Crippen molar-refractivity contribution >= 4 is 17.7 Å². The van der Waals surface area contributed by atoms with Crippen molar-refractivity contribution in [2.24, 2.45) is 5.92 Å². The lowest BCUT2D eigenvalue weighted by atomic mass is 9.98. The Labute approximate surface area is 139 Å². The van der Waals surface area contributed by atoms with E-state index in [9.17, 15) is 14.4 Å². The van der Waals surface area contributed by atoms with Gasteiger partial charge in [-0.25, -0.2) is 9.59 Å². The van der Waals surface area contributed by atoms with E-state index in [-0.39, 0.29) is 17.2 Å². The van der Waals surface area contributed by atoms with Gasteiger partial charge in [-0.05, 0) is 39.5 Å². The molecule has 1 aliphatic rings. The topological polar surface area (TPSA) is 84.4 Å². The number of amides is 1. The number of halogens is 1. The lowest BCUT2D eigenvalue weighted by molar-refractivity contribution is 0.0156. The minimum Gasteiger partial charge on any atom is -0.444 e. The number of piperidine rings is 1. The summed E-state index contributed by atoms with van der Waals surface area (Å²) in [5.41, 5.74) is -1.59. The van der Waals surface area contributed by atoms with Gasteiger partial charge in [0.15, 0.2) is 0 Å². The highest BCUT2D eigenvalue weighted by molar-refractivity contribution is 6.29. The van der Waals surface area contributed by atoms with Gasteiger partial charge in [0.25, 0.3) is 5.56 Å². The molecule has 1 saturated heterocycles. The number of nitrogens with one attached hydrogen (secondary N) is 1. The van der Waals surface area contributed by atoms with Crippen LogP contribution in [0.25, 0.3) is 0 Å². The predicted molar refractivity (Wildman–Crippen MR) is 86.9 cm³/mol. The van der Waals surface area contributed by atoms with Gasteiger partial charge < -0.3 is 9.64 Å². The van der Waals surface area contributed by atoms with E-state index in [0.29, 0.717) is 19.6 Å². The number of aromatic amines is 1. The molecule has 0 bridgehead atoms. The van der Waals surface area contributed by atoms with Crippen LogP contribution in [0, 0.1) is 5.92 Å². The SMILES string of the molecule is CC(C)(C)OC(=O)N1CCCC(Cn2c(Cl)cc(=O)[nH]c2=O)C1. The van der Waals surface area contributed by atoms with Crippen LogP contribution in [-0.2, 0) is 11.3 Å². The molecular formula is C15H22ClN3O4. The van der Waals surface area contributed by atoms with E-state index in [1.54, 1.807) is 4.90 Å². The predicted octanol–water partition coefficient (Wildman–Crippen LogP) is 1.84. The second-order valence-electron chi connectivity index (χ2n) is 6.81. The molecule has 7 nitrogen and oxygen atoms in total. The molecule has 1 aromatic rings. The summed E-state index contributed by atoms with van der Waals surface area (Å²) in [6, 6.07) is 1.18. The highest BCUT2D eigenvalue weighted by Crippen LogP contribution is 2.21. The fraction of sp³-hybridized carbons (Fsp3) is 0.667. The minimum absolute atomic E-state index is 0.0809. The molecule has 8 heteroatoms. The van der Waals surface area contributed by atoms with Crippen LogP contribution in [0.1, 0.15) is 33.6 Å². The zero-order chi connectivity index (χ0) is 17.2. The Morgan fingerprint density at radius 2 is 2.13 bits per heavy atom. The Morgan fingerprint density at radius 3 is 2.74 bits per heavy atom. The van der Waals surface area contributed by atoms with Gasteiger partial charge >= 0.3 is 11.8 Å². The first kappa shape index (κ1) is 17.6. The van der Waals surface area contributed by atoms with Gasteiger partial charge in [0.1, 0.15) is 10.8 Å². The van der Waals surface area contributed by atoms with Crippen molar-refractivity contribution in [1.29, 1.82) is 0 Å². The summed E-state index contributed by atoms with van der Waals surface area (Å²) in [7, 11) is 0. The Balaban J connectivity index is 2.06. The quantitative estimate of drug-likeness (QED) is 0.830. The van der Waals surface area contributed by atoms with Crippen LogP contribution in [0.5, 0.6) is 0 Å². The lowest BCUT2D eigenvalue weighted by Gasteiger charge is -2.34. The molecule has 1 aliphatic heterocycles. The van der Waals surface area contributed by atoms with Crippen LogP contribution in [0.3, 0.4) is 0 Å². The minimum atomic E-state index is -0.539. The number of hydrogen-bond acceptors (Lipinski definition) is 4. The number of hydrogen-bond donors (Lipinski definition) is 1. The molecule has 0 spiro atoms. The van der Waals surface area contributed by atoms with Crippen molar-refractivity contribution < 1.29 is 9.53 Å². The zero-order valence-corrected chi connectivity index (χ0v) is 14.4. The molecule has 1 N–H and O–H groups in total. The van der Waals surface area contributed by atoms with E-state index in [0.717, 1.165) is 12.8 Å². The fourth-order valence-corrected chi connectivity index (χ4v) is 2.87. The molecule has 1 aromatic heterocycles. The van der Waals surface area contributed by atoms with Crippen LogP contribution in [0.15, 0.2) is 15.7 Å². The summed E-state index contributed by atoms with van der Waals surface area (Å²) in [4.78, 5) is 39.1. The second-order valence-corrected chi connectivity index (χ2v) is 7.19. The number of carbonyl (C=O) groups excluding carboxylic acids is 1. The van der Waals surface area contributed by atoms with Crippen LogP contribution in [-0.4, -0.2) is 39.2 Å². The van der Waals surface area contributed by atoms with Crippen molar-refractivity contribution in [1.82, 2.24) is 14.5 Å². The molecule has 1 amide bonds. The lowest BCUT2D eigenvalue weighted by Crippen LogP contribution is -2.44. The summed E-state index contributed by atoms with van der Waals surface area (Å²) < 4.78 is 6.71. The van der Waals surface area contributed by atoms with Gasteiger partial charge in [-0.2, -0.15) is 0 Å². The number of rotatable bonds is 2. The van der Waals surface area contributed by atoms with E-state index < -0.39 is 16.9 Å². The molecule has 0 saturated carbocycles. The van der Waals surface area contributed by atoms with Gasteiger partial charge in [0.05, 0.1) is 0 Å². The molecule has 23 heavy (non-hydrogen) atoms. The first-order valence-electron chi connectivity index (χ1n) is 7.63. The Morgan fingerprint density at radius 1 is 1.43 bits per heavy atom. The number of aromatic nitrogens is 2. The van der Waals surface area contributed by atoms with Crippen LogP contribution in [0.2, 0.25) is 5.15 Å². The highest BCUT2D eigenvalue weighted by Gasteiger charge is 2.28. The molecule has 2 rings (SSSR count). The highest BCUT2D eigenvalue weighted by atomic mass is 35.5. The van der Waals surface area contributed by atoms with Crippen LogP contribution in [0.4, 0.5) is 4.79 Å². The van der Waals surface area contributed by atoms with Gasteiger partial charge in [-0.1, -0.05) is 11.6 Å². The molecule has 0 aliphatic carbocycles. The molecule has 1 atom stereocenters. The van der Waals surface area contributed by atoms with Crippen molar-refractivity contribution in [2.45, 2.75) is 45.8 Å². The third-order valence-corrected chi connectivity index (χ3v) is 3.91. The Kier molecular flexibility index (Phi) is 5.19. The van der Waals surface area contributed by atoms with E-state index >= 15 is 0 Å². The molecule has 1 unspecified atom stereocenters. The number of likely N-dealkylation sites (tertiary alicyclic amines) is 1. The zero-order valence-electron chi connectivity index (χ0n) is 13.6. The molecule has 0 aromatic carbocycles. The van der Waals surface area contributed by atoms with E-state index in [1.165, 1.54) is 10.6 Å². The average molecular weight is 344 g/mol. The normalized spacial score (nSPS) is 18.8. The summed E-state index contributed by atoms with van der Waals surface area (Å²) in [5, 5.41) is 0.105. The van der Waals surface area contributed by atoms with Gasteiger partial charge in [-0.3, -0.25) is 14.3 Å². The number of carbonyl (C=O) groups is 1. The number of nitrogens with zero attached hydrogens (tertiary/aromatic N) is 2. The Bertz CT molecular complexity index is 689. The maximum Gasteiger partial charge on any atom is 0.410 e. The third-order valence-electron chi connectivity index (χ3n) is 3.59. The maximum absolute atomic E-state index is 12.2. The average Bonchev–Trinajstić information content (AvgIpc) is 2.41. The molecule has 1 fully saturated rings. The van der Waals surface area contributed by atoms with E-state index in [2.05, 4.69) is 4.98 Å². The van der Waals surface area contributed by atoms with Crippen molar-refractivity contribution in [3.8, 4) is 0 Å². The van der Waals surface area contributed by atoms with Crippen LogP contribution < -0.4 is 11.2 Å². The molecule has 0 radical (unpaired) electrons. The largest absolute Gasteiger partial charge is 0.444 e. The third kappa shape index (κ3) is 4.86. The first-order chi connectivity index (χ1) is 10.7. The van der Waals surface area contributed by atoms with Crippen molar-refractivity contribution in [2.75, 3.05) is 13.1 Å². The summed E-state index contributed by atoms with van der Waals surface area (Å²) >= 11 is 5.98. The number of ether oxygens (including phenoxy) is 1. The van der Waals surface area contributed by atoms with Gasteiger partial charge in [0.2, 0.25) is 0 Å². The fourth-order valence-electron chi connectivity index (χ4n) is 2.63. The first-order valence-corrected chi connectivity index (χ1v) is 8.01. The Hall–Kier alpha value is -1.76. The summed E-state index contributed by atoms with van der Waals surface area (Å²) in [6.07, 6.45) is 1.36. The van der Waals surface area contributed by atoms with Gasteiger partial charge in [0, 0.05) is 25.7 Å². The van der Waals surface area contributed by atoms with Crippen molar-refractivity contribution in [3.63, 3.8) is 0 Å². The smallest absolute Gasteiger partial charge is 0.410 e. The van der Waals surface area contributed by atoms with E-state index in [4.69, 9.17) is 16.3 Å². The van der Waals surface area contributed by atoms with Crippen LogP contribution >= 0.6 is 11.6 Å². The van der Waals surface area contributed by atoms with E-state index in [1.807, 2.05) is 20.8 Å². The second kappa shape index (κ2) is 6.78. The monoisotopic (exact) mass is 343 g/mol. The number of H-pyrrole nitrogens is 1. The van der Waals surface area contributed by atoms with Crippen molar-refractivity contribution in [3.05, 3.63) is 32.1 Å². The summed E-state index contributed by atoms with van der Waals surface area (Å²) in [6.45, 7) is 6.97. The standard InChI is InChI=1S/C15H22ClN3O4/c1-15(2,3)23-14(22)18-6-4-5-10(8-18)9-19-11(16)7-12(20)17-13(19)21/h7,10H,4-6,8-9H2,1-3H3,(H,17,20,21).